The molecule has 1 aromatic carbocycles. The maximum absolute atomic E-state index is 12.8. The van der Waals surface area contributed by atoms with Crippen LogP contribution in [0, 0.1) is 0 Å². The lowest BCUT2D eigenvalue weighted by Crippen LogP contribution is -2.51. The largest absolute Gasteiger partial charge is 0.311 e. The number of likely N-dealkylation sites (N-methyl/N-ethyl adjacent to an activating group) is 1. The summed E-state index contributed by atoms with van der Waals surface area (Å²) in [6.07, 6.45) is 5.58. The van der Waals surface area contributed by atoms with Crippen molar-refractivity contribution in [2.24, 2.45) is 0 Å². The number of piperidine rings is 1. The van der Waals surface area contributed by atoms with Gasteiger partial charge >= 0.3 is 0 Å². The Morgan fingerprint density at radius 1 is 1.23 bits per heavy atom. The van der Waals surface area contributed by atoms with Gasteiger partial charge in [-0.1, -0.05) is 24.3 Å². The molecule has 2 aromatic rings. The number of rotatable bonds is 4. The second kappa shape index (κ2) is 6.71. The molecule has 2 heterocycles. The van der Waals surface area contributed by atoms with Crippen molar-refractivity contribution in [3.63, 3.8) is 0 Å². The van der Waals surface area contributed by atoms with Gasteiger partial charge in [0.25, 0.3) is 0 Å². The summed E-state index contributed by atoms with van der Waals surface area (Å²) in [7, 11) is 2.02. The molecule has 0 bridgehead atoms. The van der Waals surface area contributed by atoms with Crippen LogP contribution in [-0.4, -0.2) is 35.4 Å². The zero-order chi connectivity index (χ0) is 15.4. The molecule has 1 aliphatic heterocycles. The van der Waals surface area contributed by atoms with E-state index in [9.17, 15) is 4.79 Å². The van der Waals surface area contributed by atoms with E-state index in [1.165, 1.54) is 0 Å². The summed E-state index contributed by atoms with van der Waals surface area (Å²) >= 11 is 0. The molecule has 3 rings (SSSR count). The summed E-state index contributed by atoms with van der Waals surface area (Å²) in [5.41, 5.74) is 2.13. The molecule has 0 saturated carbocycles. The van der Waals surface area contributed by atoms with Crippen LogP contribution in [0.25, 0.3) is 0 Å². The molecule has 1 aliphatic rings. The predicted molar refractivity (Wildman–Crippen MR) is 87.5 cm³/mol. The first-order valence-electron chi connectivity index (χ1n) is 7.71. The number of anilines is 1. The number of pyridine rings is 1. The number of nitrogens with zero attached hydrogens (tertiary/aromatic N) is 3. The summed E-state index contributed by atoms with van der Waals surface area (Å²) in [4.78, 5) is 21.0. The van der Waals surface area contributed by atoms with Gasteiger partial charge in [-0.25, -0.2) is 0 Å². The number of para-hydroxylation sites is 1. The van der Waals surface area contributed by atoms with Gasteiger partial charge in [-0.05, 0) is 43.7 Å². The Bertz CT molecular complexity index is 615. The van der Waals surface area contributed by atoms with Gasteiger partial charge in [-0.15, -0.1) is 0 Å². The number of carbonyl (C=O) groups is 1. The Morgan fingerprint density at radius 2 is 2.05 bits per heavy atom. The van der Waals surface area contributed by atoms with Crippen LogP contribution in [0.5, 0.6) is 0 Å². The summed E-state index contributed by atoms with van der Waals surface area (Å²) in [5.74, 6) is 0.198. The molecule has 4 nitrogen and oxygen atoms in total. The number of hydrogen-bond acceptors (Lipinski definition) is 3. The van der Waals surface area contributed by atoms with E-state index in [0.717, 1.165) is 37.2 Å². The second-order valence-electron chi connectivity index (χ2n) is 5.76. The van der Waals surface area contributed by atoms with Crippen molar-refractivity contribution in [2.45, 2.75) is 25.4 Å². The molecule has 1 atom stereocenters. The normalized spacial score (nSPS) is 18.7. The third-order valence-corrected chi connectivity index (χ3v) is 4.17. The summed E-state index contributed by atoms with van der Waals surface area (Å²) in [6, 6.07) is 13.9. The summed E-state index contributed by atoms with van der Waals surface area (Å²) in [5, 5.41) is 0. The van der Waals surface area contributed by atoms with Gasteiger partial charge in [0.1, 0.15) is 0 Å². The van der Waals surface area contributed by atoms with Crippen molar-refractivity contribution in [3.8, 4) is 0 Å². The molecule has 1 fully saturated rings. The van der Waals surface area contributed by atoms with Crippen molar-refractivity contribution in [1.29, 1.82) is 0 Å². The number of benzene rings is 1. The van der Waals surface area contributed by atoms with E-state index in [1.54, 1.807) is 6.20 Å². The minimum absolute atomic E-state index is 0.0610. The first-order chi connectivity index (χ1) is 10.8. The molecule has 0 unspecified atom stereocenters. The molecular weight excluding hydrogens is 274 g/mol. The lowest BCUT2D eigenvalue weighted by atomic mass is 10.0. The van der Waals surface area contributed by atoms with E-state index in [0.29, 0.717) is 0 Å². The van der Waals surface area contributed by atoms with E-state index < -0.39 is 0 Å². The molecule has 1 amide bonds. The molecule has 1 aromatic heterocycles. The first kappa shape index (κ1) is 14.7. The smallest absolute Gasteiger partial charge is 0.244 e. The topological polar surface area (TPSA) is 36.4 Å². The molecule has 0 radical (unpaired) electrons. The van der Waals surface area contributed by atoms with Crippen LogP contribution in [0.2, 0.25) is 0 Å². The summed E-state index contributed by atoms with van der Waals surface area (Å²) in [6.45, 7) is 1.55. The Labute approximate surface area is 131 Å². The zero-order valence-corrected chi connectivity index (χ0v) is 12.9. The standard InChI is InChI=1S/C18H21N3O/c1-20(14-15-7-5-11-19-13-15)17-10-6-12-21(18(17)22)16-8-3-2-4-9-16/h2-5,7-9,11,13,17H,6,10,12,14H2,1H3/t17-/m0/s1. The zero-order valence-electron chi connectivity index (χ0n) is 12.9. The van der Waals surface area contributed by atoms with Crippen molar-refractivity contribution >= 4 is 11.6 Å². The van der Waals surface area contributed by atoms with Crippen molar-refractivity contribution < 1.29 is 4.79 Å². The van der Waals surface area contributed by atoms with Crippen LogP contribution in [0.3, 0.4) is 0 Å². The Hall–Kier alpha value is -2.20. The lowest BCUT2D eigenvalue weighted by Gasteiger charge is -2.36. The maximum Gasteiger partial charge on any atom is 0.244 e. The van der Waals surface area contributed by atoms with Crippen LogP contribution < -0.4 is 4.90 Å². The van der Waals surface area contributed by atoms with E-state index in [2.05, 4.69) is 9.88 Å². The Balaban J connectivity index is 1.72. The minimum Gasteiger partial charge on any atom is -0.311 e. The fraction of sp³-hybridized carbons (Fsp3) is 0.333. The van der Waals surface area contributed by atoms with Gasteiger partial charge in [-0.3, -0.25) is 14.7 Å². The quantitative estimate of drug-likeness (QED) is 0.870. The fourth-order valence-electron chi connectivity index (χ4n) is 3.02. The van der Waals surface area contributed by atoms with Gasteiger partial charge in [0.2, 0.25) is 5.91 Å². The monoisotopic (exact) mass is 295 g/mol. The number of carbonyl (C=O) groups excluding carboxylic acids is 1. The molecule has 114 valence electrons. The highest BCUT2D eigenvalue weighted by atomic mass is 16.2. The van der Waals surface area contributed by atoms with Gasteiger partial charge in [0, 0.05) is 31.2 Å². The number of amides is 1. The van der Waals surface area contributed by atoms with Crippen LogP contribution in [0.15, 0.2) is 54.9 Å². The van der Waals surface area contributed by atoms with Crippen LogP contribution in [0.1, 0.15) is 18.4 Å². The molecule has 0 spiro atoms. The van der Waals surface area contributed by atoms with Crippen molar-refractivity contribution in [1.82, 2.24) is 9.88 Å². The van der Waals surface area contributed by atoms with Gasteiger partial charge in [0.05, 0.1) is 6.04 Å². The highest BCUT2D eigenvalue weighted by Crippen LogP contribution is 2.23. The van der Waals surface area contributed by atoms with Crippen LogP contribution in [-0.2, 0) is 11.3 Å². The number of hydrogen-bond donors (Lipinski definition) is 0. The minimum atomic E-state index is -0.0610. The van der Waals surface area contributed by atoms with E-state index >= 15 is 0 Å². The Morgan fingerprint density at radius 3 is 2.77 bits per heavy atom. The van der Waals surface area contributed by atoms with Gasteiger partial charge in [0.15, 0.2) is 0 Å². The molecule has 4 heteroatoms. The van der Waals surface area contributed by atoms with Crippen molar-refractivity contribution in [2.75, 3.05) is 18.5 Å². The van der Waals surface area contributed by atoms with E-state index in [-0.39, 0.29) is 11.9 Å². The third-order valence-electron chi connectivity index (χ3n) is 4.17. The summed E-state index contributed by atoms with van der Waals surface area (Å²) < 4.78 is 0. The lowest BCUT2D eigenvalue weighted by molar-refractivity contribution is -0.125. The first-order valence-corrected chi connectivity index (χ1v) is 7.71. The molecule has 0 aliphatic carbocycles. The third kappa shape index (κ3) is 3.17. The van der Waals surface area contributed by atoms with Crippen LogP contribution in [0.4, 0.5) is 5.69 Å². The molecule has 22 heavy (non-hydrogen) atoms. The molecule has 0 N–H and O–H groups in total. The molecular formula is C18H21N3O. The van der Waals surface area contributed by atoms with E-state index in [4.69, 9.17) is 0 Å². The second-order valence-corrected chi connectivity index (χ2v) is 5.76. The Kier molecular flexibility index (Phi) is 4.49. The average Bonchev–Trinajstić information content (AvgIpc) is 2.56. The maximum atomic E-state index is 12.8. The van der Waals surface area contributed by atoms with E-state index in [1.807, 2.05) is 60.6 Å². The average molecular weight is 295 g/mol. The predicted octanol–water partition coefficient (Wildman–Crippen LogP) is 2.71. The highest BCUT2D eigenvalue weighted by molar-refractivity contribution is 5.97. The van der Waals surface area contributed by atoms with Crippen molar-refractivity contribution in [3.05, 3.63) is 60.4 Å². The highest BCUT2D eigenvalue weighted by Gasteiger charge is 2.32. The SMILES string of the molecule is CN(Cc1cccnc1)[C@H]1CCCN(c2ccccc2)C1=O. The van der Waals surface area contributed by atoms with Gasteiger partial charge < -0.3 is 4.90 Å². The van der Waals surface area contributed by atoms with Crippen LogP contribution >= 0.6 is 0 Å². The molecule has 1 saturated heterocycles. The fourth-order valence-corrected chi connectivity index (χ4v) is 3.02. The number of aromatic nitrogens is 1. The van der Waals surface area contributed by atoms with Gasteiger partial charge in [-0.2, -0.15) is 0 Å².